The highest BCUT2D eigenvalue weighted by atomic mass is 35.7. The summed E-state index contributed by atoms with van der Waals surface area (Å²) in [6.07, 6.45) is 3.22. The smallest absolute Gasteiger partial charge is 0.238 e. The molecule has 0 amide bonds. The van der Waals surface area contributed by atoms with E-state index in [2.05, 4.69) is 0 Å². The third-order valence-electron chi connectivity index (χ3n) is 2.45. The van der Waals surface area contributed by atoms with E-state index in [9.17, 15) is 8.42 Å². The Balaban J connectivity index is 2.69. The van der Waals surface area contributed by atoms with Crippen molar-refractivity contribution >= 4 is 19.7 Å². The molecule has 1 aliphatic carbocycles. The maximum absolute atomic E-state index is 11.3. The van der Waals surface area contributed by atoms with E-state index in [-0.39, 0.29) is 12.2 Å². The summed E-state index contributed by atoms with van der Waals surface area (Å²) in [5.41, 5.74) is 0. The lowest BCUT2D eigenvalue weighted by Gasteiger charge is -2.30. The molecule has 0 radical (unpaired) electrons. The predicted molar refractivity (Wildman–Crippen MR) is 57.0 cm³/mol. The van der Waals surface area contributed by atoms with Gasteiger partial charge in [-0.1, -0.05) is 12.8 Å². The van der Waals surface area contributed by atoms with Crippen LogP contribution in [0.15, 0.2) is 0 Å². The molecule has 0 heterocycles. The van der Waals surface area contributed by atoms with E-state index in [4.69, 9.17) is 15.4 Å². The minimum atomic E-state index is -3.47. The molecule has 2 atom stereocenters. The first kappa shape index (κ1) is 12.3. The molecule has 14 heavy (non-hydrogen) atoms. The second-order valence-electron chi connectivity index (χ2n) is 4.02. The fraction of sp³-hybridized carbons (Fsp3) is 1.00. The van der Waals surface area contributed by atoms with Crippen LogP contribution in [0.1, 0.15) is 39.5 Å². The molecule has 1 saturated carbocycles. The van der Waals surface area contributed by atoms with Gasteiger partial charge in [-0.15, -0.1) is 0 Å². The summed E-state index contributed by atoms with van der Waals surface area (Å²) < 4.78 is 28.1. The number of hydrogen-bond acceptors (Lipinski definition) is 3. The molecule has 84 valence electrons. The van der Waals surface area contributed by atoms with Crippen LogP contribution in [0, 0.1) is 0 Å². The van der Waals surface area contributed by atoms with Gasteiger partial charge in [0.25, 0.3) is 0 Å². The third kappa shape index (κ3) is 3.41. The largest absolute Gasteiger partial charge is 0.374 e. The van der Waals surface area contributed by atoms with Crippen molar-refractivity contribution in [3.8, 4) is 0 Å². The van der Waals surface area contributed by atoms with Crippen molar-refractivity contribution < 1.29 is 13.2 Å². The van der Waals surface area contributed by atoms with Gasteiger partial charge in [-0.25, -0.2) is 8.42 Å². The van der Waals surface area contributed by atoms with Crippen molar-refractivity contribution in [2.75, 3.05) is 0 Å². The maximum Gasteiger partial charge on any atom is 0.238 e. The van der Waals surface area contributed by atoms with Gasteiger partial charge in [0.1, 0.15) is 5.25 Å². The molecule has 0 aliphatic heterocycles. The Hall–Kier alpha value is 0.200. The molecular formula is C9H17ClO3S. The first-order valence-corrected chi connectivity index (χ1v) is 7.37. The highest BCUT2D eigenvalue weighted by Gasteiger charge is 2.35. The molecule has 0 bridgehead atoms. The fourth-order valence-electron chi connectivity index (χ4n) is 1.89. The Kier molecular flexibility index (Phi) is 4.22. The van der Waals surface area contributed by atoms with E-state index in [0.29, 0.717) is 6.42 Å². The lowest BCUT2D eigenvalue weighted by molar-refractivity contribution is -0.00900. The molecule has 0 unspecified atom stereocenters. The van der Waals surface area contributed by atoms with Gasteiger partial charge in [-0.05, 0) is 26.7 Å². The van der Waals surface area contributed by atoms with Crippen molar-refractivity contribution in [2.24, 2.45) is 0 Å². The molecule has 1 rings (SSSR count). The SMILES string of the molecule is CC(C)O[C@@H]1CCCC[C@@H]1S(=O)(=O)Cl. The number of ether oxygens (including phenoxy) is 1. The van der Waals surface area contributed by atoms with E-state index in [1.807, 2.05) is 13.8 Å². The van der Waals surface area contributed by atoms with Crippen LogP contribution >= 0.6 is 10.7 Å². The van der Waals surface area contributed by atoms with Crippen LogP contribution in [-0.4, -0.2) is 25.9 Å². The van der Waals surface area contributed by atoms with Gasteiger partial charge >= 0.3 is 0 Å². The molecule has 0 aromatic heterocycles. The summed E-state index contributed by atoms with van der Waals surface area (Å²) in [4.78, 5) is 0. The van der Waals surface area contributed by atoms with Gasteiger partial charge in [0.05, 0.1) is 12.2 Å². The Morgan fingerprint density at radius 3 is 2.36 bits per heavy atom. The van der Waals surface area contributed by atoms with Crippen molar-refractivity contribution in [2.45, 2.75) is 57.0 Å². The van der Waals surface area contributed by atoms with E-state index >= 15 is 0 Å². The second-order valence-corrected chi connectivity index (χ2v) is 6.87. The zero-order valence-corrected chi connectivity index (χ0v) is 10.1. The Labute approximate surface area is 90.2 Å². The van der Waals surface area contributed by atoms with E-state index in [0.717, 1.165) is 19.3 Å². The van der Waals surface area contributed by atoms with Gasteiger partial charge in [0, 0.05) is 10.7 Å². The highest BCUT2D eigenvalue weighted by Crippen LogP contribution is 2.29. The number of halogens is 1. The molecule has 5 heteroatoms. The third-order valence-corrected chi connectivity index (χ3v) is 4.40. The lowest BCUT2D eigenvalue weighted by Crippen LogP contribution is -2.38. The average molecular weight is 241 g/mol. The van der Waals surface area contributed by atoms with Crippen LogP contribution in [-0.2, 0) is 13.8 Å². The molecule has 1 fully saturated rings. The minimum Gasteiger partial charge on any atom is -0.374 e. The van der Waals surface area contributed by atoms with Crippen molar-refractivity contribution in [1.82, 2.24) is 0 Å². The van der Waals surface area contributed by atoms with Gasteiger partial charge < -0.3 is 4.74 Å². The highest BCUT2D eigenvalue weighted by molar-refractivity contribution is 8.14. The lowest BCUT2D eigenvalue weighted by atomic mass is 9.97. The first-order chi connectivity index (χ1) is 6.41. The Morgan fingerprint density at radius 2 is 1.86 bits per heavy atom. The summed E-state index contributed by atoms with van der Waals surface area (Å²) in [7, 11) is 1.91. The summed E-state index contributed by atoms with van der Waals surface area (Å²) in [5.74, 6) is 0. The van der Waals surface area contributed by atoms with Crippen molar-refractivity contribution in [3.05, 3.63) is 0 Å². The average Bonchev–Trinajstić information content (AvgIpc) is 2.01. The van der Waals surface area contributed by atoms with Crippen LogP contribution in [0.4, 0.5) is 0 Å². The van der Waals surface area contributed by atoms with Crippen molar-refractivity contribution in [1.29, 1.82) is 0 Å². The maximum atomic E-state index is 11.3. The van der Waals surface area contributed by atoms with Crippen LogP contribution < -0.4 is 0 Å². The van der Waals surface area contributed by atoms with Gasteiger partial charge in [-0.3, -0.25) is 0 Å². The van der Waals surface area contributed by atoms with E-state index in [1.54, 1.807) is 0 Å². The van der Waals surface area contributed by atoms with Crippen molar-refractivity contribution in [3.63, 3.8) is 0 Å². The molecule has 0 N–H and O–H groups in total. The molecule has 0 aromatic rings. The van der Waals surface area contributed by atoms with Crippen LogP contribution in [0.2, 0.25) is 0 Å². The Morgan fingerprint density at radius 1 is 1.29 bits per heavy atom. The second kappa shape index (κ2) is 4.81. The summed E-state index contributed by atoms with van der Waals surface area (Å²) >= 11 is 0. The summed E-state index contributed by atoms with van der Waals surface area (Å²) in [6.45, 7) is 3.82. The molecule has 3 nitrogen and oxygen atoms in total. The van der Waals surface area contributed by atoms with E-state index in [1.165, 1.54) is 0 Å². The van der Waals surface area contributed by atoms with E-state index < -0.39 is 14.3 Å². The first-order valence-electron chi connectivity index (χ1n) is 5.00. The molecule has 0 saturated heterocycles. The minimum absolute atomic E-state index is 0.0546. The van der Waals surface area contributed by atoms with Crippen LogP contribution in [0.3, 0.4) is 0 Å². The zero-order valence-electron chi connectivity index (χ0n) is 8.57. The zero-order chi connectivity index (χ0) is 10.8. The predicted octanol–water partition coefficient (Wildman–Crippen LogP) is 2.29. The number of rotatable bonds is 3. The quantitative estimate of drug-likeness (QED) is 0.711. The molecule has 0 spiro atoms. The standard InChI is InChI=1S/C9H17ClO3S/c1-7(2)13-8-5-3-4-6-9(8)14(10,11)12/h7-9H,3-6H2,1-2H3/t8-,9+/m1/s1. The van der Waals surface area contributed by atoms with Crippen LogP contribution in [0.5, 0.6) is 0 Å². The summed E-state index contributed by atoms with van der Waals surface area (Å²) in [6, 6.07) is 0. The summed E-state index contributed by atoms with van der Waals surface area (Å²) in [5, 5.41) is -0.514. The molecule has 1 aliphatic rings. The topological polar surface area (TPSA) is 43.4 Å². The molecule has 0 aromatic carbocycles. The van der Waals surface area contributed by atoms with Gasteiger partial charge in [0.15, 0.2) is 0 Å². The molecular weight excluding hydrogens is 224 g/mol. The van der Waals surface area contributed by atoms with Gasteiger partial charge in [0.2, 0.25) is 9.05 Å². The normalized spacial score (nSPS) is 29.4. The number of hydrogen-bond donors (Lipinski definition) is 0. The fourth-order valence-corrected chi connectivity index (χ4v) is 3.51. The van der Waals surface area contributed by atoms with Crippen LogP contribution in [0.25, 0.3) is 0 Å². The van der Waals surface area contributed by atoms with Gasteiger partial charge in [-0.2, -0.15) is 0 Å². The monoisotopic (exact) mass is 240 g/mol. The Bertz CT molecular complexity index is 274.